The second-order valence-corrected chi connectivity index (χ2v) is 6.63. The Hall–Kier alpha value is -1.20. The van der Waals surface area contributed by atoms with Gasteiger partial charge in [0.1, 0.15) is 0 Å². The SMILES string of the molecule is Cc1cc(N(C)C)ccc1CNC(=O)C1(O)CCSC1. The van der Waals surface area contributed by atoms with Crippen molar-refractivity contribution >= 4 is 23.4 Å². The van der Waals surface area contributed by atoms with Gasteiger partial charge in [-0.25, -0.2) is 0 Å². The highest BCUT2D eigenvalue weighted by atomic mass is 32.2. The summed E-state index contributed by atoms with van der Waals surface area (Å²) < 4.78 is 0. The number of thioether (sulfide) groups is 1. The van der Waals surface area contributed by atoms with Crippen LogP contribution in [0.25, 0.3) is 0 Å². The van der Waals surface area contributed by atoms with E-state index in [4.69, 9.17) is 0 Å². The minimum absolute atomic E-state index is 0.251. The number of aliphatic hydroxyl groups is 1. The van der Waals surface area contributed by atoms with Crippen LogP contribution in [0.4, 0.5) is 5.69 Å². The first-order valence-electron chi connectivity index (χ1n) is 6.78. The molecule has 2 N–H and O–H groups in total. The van der Waals surface area contributed by atoms with Crippen LogP contribution >= 0.6 is 11.8 Å². The van der Waals surface area contributed by atoms with Crippen molar-refractivity contribution in [2.24, 2.45) is 0 Å². The van der Waals surface area contributed by atoms with Gasteiger partial charge in [-0.1, -0.05) is 6.07 Å². The smallest absolute Gasteiger partial charge is 0.253 e. The lowest BCUT2D eigenvalue weighted by atomic mass is 10.0. The summed E-state index contributed by atoms with van der Waals surface area (Å²) in [6.07, 6.45) is 0.544. The molecule has 4 nitrogen and oxygen atoms in total. The predicted octanol–water partition coefficient (Wildman–Crippen LogP) is 1.55. The number of anilines is 1. The summed E-state index contributed by atoms with van der Waals surface area (Å²) in [5.74, 6) is 1.09. The summed E-state index contributed by atoms with van der Waals surface area (Å²) in [5, 5.41) is 13.0. The molecule has 0 spiro atoms. The van der Waals surface area contributed by atoms with E-state index in [0.29, 0.717) is 18.7 Å². The third-order valence-corrected chi connectivity index (χ3v) is 4.88. The van der Waals surface area contributed by atoms with E-state index in [1.54, 1.807) is 11.8 Å². The molecule has 1 amide bonds. The Balaban J connectivity index is 1.99. The van der Waals surface area contributed by atoms with Crippen LogP contribution in [-0.4, -0.2) is 42.2 Å². The van der Waals surface area contributed by atoms with Gasteiger partial charge in [0.25, 0.3) is 5.91 Å². The second kappa shape index (κ2) is 6.06. The van der Waals surface area contributed by atoms with E-state index >= 15 is 0 Å². The molecule has 110 valence electrons. The standard InChI is InChI=1S/C15H22N2O2S/c1-11-8-13(17(2)3)5-4-12(11)9-16-14(18)15(19)6-7-20-10-15/h4-5,8,19H,6-7,9-10H2,1-3H3,(H,16,18). The van der Waals surface area contributed by atoms with E-state index in [9.17, 15) is 9.90 Å². The zero-order chi connectivity index (χ0) is 14.8. The lowest BCUT2D eigenvalue weighted by molar-refractivity contribution is -0.137. The van der Waals surface area contributed by atoms with Gasteiger partial charge in [-0.3, -0.25) is 4.79 Å². The highest BCUT2D eigenvalue weighted by molar-refractivity contribution is 7.99. The maximum atomic E-state index is 12.0. The Morgan fingerprint density at radius 1 is 1.50 bits per heavy atom. The van der Waals surface area contributed by atoms with Crippen molar-refractivity contribution in [3.05, 3.63) is 29.3 Å². The summed E-state index contributed by atoms with van der Waals surface area (Å²) in [4.78, 5) is 14.1. The van der Waals surface area contributed by atoms with Gasteiger partial charge >= 0.3 is 0 Å². The molecule has 0 radical (unpaired) electrons. The minimum Gasteiger partial charge on any atom is -0.379 e. The summed E-state index contributed by atoms with van der Waals surface area (Å²) in [5.41, 5.74) is 2.19. The van der Waals surface area contributed by atoms with E-state index < -0.39 is 5.60 Å². The van der Waals surface area contributed by atoms with Gasteiger partial charge in [-0.05, 0) is 42.4 Å². The van der Waals surface area contributed by atoms with E-state index in [0.717, 1.165) is 22.6 Å². The predicted molar refractivity (Wildman–Crippen MR) is 84.2 cm³/mol. The van der Waals surface area contributed by atoms with Gasteiger partial charge in [-0.2, -0.15) is 11.8 Å². The Morgan fingerprint density at radius 2 is 2.25 bits per heavy atom. The van der Waals surface area contributed by atoms with Gasteiger partial charge in [0, 0.05) is 32.1 Å². The second-order valence-electron chi connectivity index (χ2n) is 5.52. The molecule has 1 unspecified atom stereocenters. The zero-order valence-corrected chi connectivity index (χ0v) is 13.1. The fourth-order valence-corrected chi connectivity index (χ4v) is 3.47. The first kappa shape index (κ1) is 15.2. The van der Waals surface area contributed by atoms with Crippen molar-refractivity contribution in [3.8, 4) is 0 Å². The molecule has 0 aliphatic carbocycles. The largest absolute Gasteiger partial charge is 0.379 e. The van der Waals surface area contributed by atoms with Crippen LogP contribution < -0.4 is 10.2 Å². The summed E-state index contributed by atoms with van der Waals surface area (Å²) >= 11 is 1.62. The van der Waals surface area contributed by atoms with Crippen LogP contribution in [0.2, 0.25) is 0 Å². The van der Waals surface area contributed by atoms with Crippen LogP contribution in [0, 0.1) is 6.92 Å². The first-order chi connectivity index (χ1) is 9.42. The molecular weight excluding hydrogens is 272 g/mol. The van der Waals surface area contributed by atoms with Crippen LogP contribution in [0.1, 0.15) is 17.5 Å². The van der Waals surface area contributed by atoms with Crippen LogP contribution in [0.15, 0.2) is 18.2 Å². The maximum absolute atomic E-state index is 12.0. The first-order valence-corrected chi connectivity index (χ1v) is 7.93. The van der Waals surface area contributed by atoms with Crippen molar-refractivity contribution in [3.63, 3.8) is 0 Å². The Bertz CT molecular complexity index is 497. The molecule has 1 aromatic carbocycles. The molecule has 1 aliphatic heterocycles. The summed E-state index contributed by atoms with van der Waals surface area (Å²) in [7, 11) is 4.01. The number of aryl methyl sites for hydroxylation is 1. The van der Waals surface area contributed by atoms with Gasteiger partial charge in [0.2, 0.25) is 0 Å². The number of hydrogen-bond donors (Lipinski definition) is 2. The van der Waals surface area contributed by atoms with Crippen molar-refractivity contribution in [2.75, 3.05) is 30.5 Å². The molecule has 1 saturated heterocycles. The number of amides is 1. The highest BCUT2D eigenvalue weighted by Gasteiger charge is 2.39. The number of rotatable bonds is 4. The average molecular weight is 294 g/mol. The molecule has 0 aromatic heterocycles. The van der Waals surface area contributed by atoms with Gasteiger partial charge in [-0.15, -0.1) is 0 Å². The lowest BCUT2D eigenvalue weighted by Crippen LogP contribution is -2.46. The van der Waals surface area contributed by atoms with Gasteiger partial charge in [0.05, 0.1) is 0 Å². The van der Waals surface area contributed by atoms with Crippen molar-refractivity contribution in [1.29, 1.82) is 0 Å². The van der Waals surface area contributed by atoms with Crippen molar-refractivity contribution in [2.45, 2.75) is 25.5 Å². The number of nitrogens with one attached hydrogen (secondary N) is 1. The van der Waals surface area contributed by atoms with Crippen molar-refractivity contribution in [1.82, 2.24) is 5.32 Å². The topological polar surface area (TPSA) is 52.6 Å². The molecule has 5 heteroatoms. The normalized spacial score (nSPS) is 21.8. The fourth-order valence-electron chi connectivity index (χ4n) is 2.23. The Kier molecular flexibility index (Phi) is 4.60. The molecular formula is C15H22N2O2S. The third kappa shape index (κ3) is 3.27. The average Bonchev–Trinajstić information content (AvgIpc) is 2.85. The van der Waals surface area contributed by atoms with E-state index in [-0.39, 0.29) is 5.91 Å². The molecule has 1 heterocycles. The summed E-state index contributed by atoms with van der Waals surface area (Å²) in [6, 6.07) is 6.16. The number of carbonyl (C=O) groups excluding carboxylic acids is 1. The molecule has 0 bridgehead atoms. The van der Waals surface area contributed by atoms with Crippen LogP contribution in [0.3, 0.4) is 0 Å². The monoisotopic (exact) mass is 294 g/mol. The maximum Gasteiger partial charge on any atom is 0.253 e. The van der Waals surface area contributed by atoms with Crippen molar-refractivity contribution < 1.29 is 9.90 Å². The van der Waals surface area contributed by atoms with E-state index in [2.05, 4.69) is 11.4 Å². The van der Waals surface area contributed by atoms with E-state index in [1.165, 1.54) is 0 Å². The summed E-state index contributed by atoms with van der Waals surface area (Å²) in [6.45, 7) is 2.50. The highest BCUT2D eigenvalue weighted by Crippen LogP contribution is 2.28. The molecule has 2 rings (SSSR count). The molecule has 1 aromatic rings. The van der Waals surface area contributed by atoms with Crippen LogP contribution in [-0.2, 0) is 11.3 Å². The van der Waals surface area contributed by atoms with Crippen LogP contribution in [0.5, 0.6) is 0 Å². The fraction of sp³-hybridized carbons (Fsp3) is 0.533. The van der Waals surface area contributed by atoms with Gasteiger partial charge < -0.3 is 15.3 Å². The van der Waals surface area contributed by atoms with Gasteiger partial charge in [0.15, 0.2) is 5.60 Å². The number of carbonyl (C=O) groups is 1. The Labute approximate surface area is 124 Å². The lowest BCUT2D eigenvalue weighted by Gasteiger charge is -2.21. The molecule has 1 atom stereocenters. The Morgan fingerprint density at radius 3 is 2.80 bits per heavy atom. The molecule has 20 heavy (non-hydrogen) atoms. The number of hydrogen-bond acceptors (Lipinski definition) is 4. The molecule has 1 fully saturated rings. The molecule has 0 saturated carbocycles. The number of benzene rings is 1. The molecule has 1 aliphatic rings. The number of nitrogens with zero attached hydrogens (tertiary/aromatic N) is 1. The zero-order valence-electron chi connectivity index (χ0n) is 12.3. The van der Waals surface area contributed by atoms with E-state index in [1.807, 2.05) is 38.1 Å². The quantitative estimate of drug-likeness (QED) is 0.884. The minimum atomic E-state index is -1.18. The third-order valence-electron chi connectivity index (χ3n) is 3.71.